The minimum absolute atomic E-state index is 0.0634. The first-order valence-corrected chi connectivity index (χ1v) is 12.3. The topological polar surface area (TPSA) is 81.2 Å². The average Bonchev–Trinajstić information content (AvgIpc) is 2.84. The molecule has 0 aliphatic rings. The van der Waals surface area contributed by atoms with Crippen molar-refractivity contribution in [1.29, 1.82) is 0 Å². The highest BCUT2D eigenvalue weighted by Crippen LogP contribution is 2.35. The van der Waals surface area contributed by atoms with Gasteiger partial charge in [0, 0.05) is 23.6 Å². The van der Waals surface area contributed by atoms with Crippen LogP contribution >= 0.6 is 11.6 Å². The van der Waals surface area contributed by atoms with E-state index >= 15 is 0 Å². The number of rotatable bonds is 6. The first kappa shape index (κ1) is 27.2. The summed E-state index contributed by atoms with van der Waals surface area (Å²) in [5.41, 5.74) is -1.26. The van der Waals surface area contributed by atoms with E-state index in [0.29, 0.717) is 24.0 Å². The van der Waals surface area contributed by atoms with E-state index in [4.69, 9.17) is 16.3 Å². The summed E-state index contributed by atoms with van der Waals surface area (Å²) < 4.78 is 110. The van der Waals surface area contributed by atoms with Gasteiger partial charge in [-0.1, -0.05) is 23.7 Å². The highest BCUT2D eigenvalue weighted by molar-refractivity contribution is 7.92. The van der Waals surface area contributed by atoms with Gasteiger partial charge in [-0.15, -0.1) is 0 Å². The summed E-state index contributed by atoms with van der Waals surface area (Å²) in [5, 5.41) is -0.388. The van der Waals surface area contributed by atoms with Gasteiger partial charge >= 0.3 is 12.4 Å². The maximum Gasteiger partial charge on any atom is 0.417 e. The summed E-state index contributed by atoms with van der Waals surface area (Å²) in [5.74, 6) is -0.240. The second-order valence-electron chi connectivity index (χ2n) is 7.70. The predicted molar refractivity (Wildman–Crippen MR) is 126 cm³/mol. The summed E-state index contributed by atoms with van der Waals surface area (Å²) in [6.07, 6.45) is -7.93. The molecule has 2 aromatic heterocycles. The third kappa shape index (κ3) is 6.34. The monoisotopic (exact) mass is 573 g/mol. The van der Waals surface area contributed by atoms with Crippen molar-refractivity contribution < 1.29 is 39.5 Å². The minimum Gasteiger partial charge on any atom is -0.438 e. The molecule has 14 heteroatoms. The third-order valence-electron chi connectivity index (χ3n) is 4.98. The van der Waals surface area contributed by atoms with Crippen molar-refractivity contribution in [2.75, 3.05) is 4.72 Å². The Kier molecular flexibility index (Phi) is 7.26. The number of nitrogens with zero attached hydrogens (tertiary/aromatic N) is 2. The van der Waals surface area contributed by atoms with Crippen LogP contribution in [0.3, 0.4) is 0 Å². The van der Waals surface area contributed by atoms with Crippen LogP contribution < -0.4 is 9.46 Å². The number of nitrogens with one attached hydrogen (secondary N) is 1. The van der Waals surface area contributed by atoms with Crippen LogP contribution in [0.5, 0.6) is 11.6 Å². The summed E-state index contributed by atoms with van der Waals surface area (Å²) in [4.78, 5) is 7.18. The Morgan fingerprint density at radius 2 is 1.45 bits per heavy atom. The van der Waals surface area contributed by atoms with Crippen molar-refractivity contribution in [2.24, 2.45) is 0 Å². The number of sulfonamides is 1. The number of alkyl halides is 6. The molecule has 0 aliphatic heterocycles. The Balaban J connectivity index is 1.48. The molecule has 1 N–H and O–H groups in total. The Morgan fingerprint density at radius 1 is 0.789 bits per heavy atom. The summed E-state index contributed by atoms with van der Waals surface area (Å²) >= 11 is 5.82. The number of hydrogen-bond acceptors (Lipinski definition) is 5. The van der Waals surface area contributed by atoms with Crippen LogP contribution in [0.4, 0.5) is 32.0 Å². The van der Waals surface area contributed by atoms with Gasteiger partial charge in [-0.05, 0) is 54.6 Å². The molecule has 0 atom stereocenters. The van der Waals surface area contributed by atoms with Crippen molar-refractivity contribution in [3.8, 4) is 22.9 Å². The Hall–Kier alpha value is -3.84. The lowest BCUT2D eigenvalue weighted by Crippen LogP contribution is -2.12. The van der Waals surface area contributed by atoms with Crippen molar-refractivity contribution in [1.82, 2.24) is 9.97 Å². The minimum atomic E-state index is -4.63. The van der Waals surface area contributed by atoms with Crippen molar-refractivity contribution in [3.63, 3.8) is 0 Å². The molecule has 0 spiro atoms. The second-order valence-corrected chi connectivity index (χ2v) is 9.79. The number of ether oxygens (including phenoxy) is 1. The number of benzene rings is 2. The SMILES string of the molecule is O=S(=O)(Nc1cccc(-c2ccc(C(F)(F)F)cn2)c1)c1ccc(Oc2ncc(C(F)(F)F)cc2Cl)cc1. The molecular formula is C24H14ClF6N3O3S. The van der Waals surface area contributed by atoms with Crippen LogP contribution in [0.25, 0.3) is 11.3 Å². The van der Waals surface area contributed by atoms with Gasteiger partial charge < -0.3 is 4.74 Å². The number of hydrogen-bond donors (Lipinski definition) is 1. The van der Waals surface area contributed by atoms with Crippen molar-refractivity contribution >= 4 is 27.3 Å². The first-order chi connectivity index (χ1) is 17.7. The molecule has 38 heavy (non-hydrogen) atoms. The van der Waals surface area contributed by atoms with Gasteiger partial charge in [-0.2, -0.15) is 26.3 Å². The zero-order valence-corrected chi connectivity index (χ0v) is 20.3. The summed E-state index contributed by atoms with van der Waals surface area (Å²) in [6.45, 7) is 0. The highest BCUT2D eigenvalue weighted by atomic mass is 35.5. The van der Waals surface area contributed by atoms with Gasteiger partial charge in [-0.3, -0.25) is 9.71 Å². The quantitative estimate of drug-likeness (QED) is 0.243. The lowest BCUT2D eigenvalue weighted by Gasteiger charge is -2.12. The average molecular weight is 574 g/mol. The van der Waals surface area contributed by atoms with E-state index in [1.54, 1.807) is 6.07 Å². The van der Waals surface area contributed by atoms with E-state index in [-0.39, 0.29) is 32.9 Å². The second kappa shape index (κ2) is 10.1. The van der Waals surface area contributed by atoms with Crippen LogP contribution in [-0.4, -0.2) is 18.4 Å². The number of pyridine rings is 2. The zero-order valence-electron chi connectivity index (χ0n) is 18.7. The van der Waals surface area contributed by atoms with E-state index in [2.05, 4.69) is 14.7 Å². The first-order valence-electron chi connectivity index (χ1n) is 10.4. The van der Waals surface area contributed by atoms with Crippen molar-refractivity contribution in [2.45, 2.75) is 17.2 Å². The molecule has 4 rings (SSSR count). The van der Waals surface area contributed by atoms with Crippen molar-refractivity contribution in [3.05, 3.63) is 95.3 Å². The van der Waals surface area contributed by atoms with Gasteiger partial charge in [0.2, 0.25) is 5.88 Å². The van der Waals surface area contributed by atoms with E-state index in [0.717, 1.165) is 6.07 Å². The van der Waals surface area contributed by atoms with Gasteiger partial charge in [0.25, 0.3) is 10.0 Å². The van der Waals surface area contributed by atoms with Gasteiger partial charge in [0.1, 0.15) is 10.8 Å². The lowest BCUT2D eigenvalue weighted by atomic mass is 10.1. The molecule has 0 unspecified atom stereocenters. The molecule has 2 heterocycles. The van der Waals surface area contributed by atoms with E-state index in [1.807, 2.05) is 0 Å². The fraction of sp³-hybridized carbons (Fsp3) is 0.0833. The molecule has 0 saturated carbocycles. The van der Waals surface area contributed by atoms with Crippen LogP contribution in [-0.2, 0) is 22.4 Å². The van der Waals surface area contributed by atoms with E-state index in [1.165, 1.54) is 48.5 Å². The van der Waals surface area contributed by atoms with Crippen LogP contribution in [0, 0.1) is 0 Å². The Bertz CT molecular complexity index is 1560. The molecule has 0 aliphatic carbocycles. The van der Waals surface area contributed by atoms with Crippen LogP contribution in [0.2, 0.25) is 5.02 Å². The predicted octanol–water partition coefficient (Wildman–Crippen LogP) is 7.43. The fourth-order valence-electron chi connectivity index (χ4n) is 3.14. The van der Waals surface area contributed by atoms with E-state index < -0.39 is 33.5 Å². The Labute approximate surface area is 216 Å². The van der Waals surface area contributed by atoms with Crippen LogP contribution in [0.1, 0.15) is 11.1 Å². The number of anilines is 1. The molecule has 2 aromatic carbocycles. The molecule has 0 bridgehead atoms. The number of aromatic nitrogens is 2. The largest absolute Gasteiger partial charge is 0.438 e. The fourth-order valence-corrected chi connectivity index (χ4v) is 4.40. The van der Waals surface area contributed by atoms with Crippen LogP contribution in [0.15, 0.2) is 84.0 Å². The molecule has 0 saturated heterocycles. The molecule has 0 radical (unpaired) electrons. The van der Waals surface area contributed by atoms with E-state index in [9.17, 15) is 34.8 Å². The highest BCUT2D eigenvalue weighted by Gasteiger charge is 2.32. The maximum atomic E-state index is 12.8. The van der Waals surface area contributed by atoms with Gasteiger partial charge in [-0.25, -0.2) is 13.4 Å². The summed E-state index contributed by atoms with van der Waals surface area (Å²) in [7, 11) is -4.10. The molecule has 0 fully saturated rings. The summed E-state index contributed by atoms with van der Waals surface area (Å²) in [6, 6.07) is 13.5. The third-order valence-corrected chi connectivity index (χ3v) is 6.65. The molecule has 198 valence electrons. The van der Waals surface area contributed by atoms with Gasteiger partial charge in [0.05, 0.1) is 21.7 Å². The standard InChI is InChI=1S/C24H14ClF6N3O3S/c25-20-11-16(24(29,30)31)13-33-22(20)37-18-5-7-19(8-6-18)38(35,36)34-17-3-1-2-14(10-17)21-9-4-15(12-32-21)23(26,27)28/h1-13,34H. The molecule has 0 amide bonds. The van der Waals surface area contributed by atoms with Gasteiger partial charge in [0.15, 0.2) is 0 Å². The number of halogens is 7. The molecular weight excluding hydrogens is 560 g/mol. The molecule has 4 aromatic rings. The zero-order chi connectivity index (χ0) is 27.7. The maximum absolute atomic E-state index is 12.8. The smallest absolute Gasteiger partial charge is 0.417 e. The lowest BCUT2D eigenvalue weighted by molar-refractivity contribution is -0.138. The normalized spacial score (nSPS) is 12.3. The molecule has 6 nitrogen and oxygen atoms in total. The Morgan fingerprint density at radius 3 is 2.03 bits per heavy atom.